The first-order valence-electron chi connectivity index (χ1n) is 13.0. The van der Waals surface area contributed by atoms with E-state index in [1.807, 2.05) is 26.8 Å². The molecule has 0 radical (unpaired) electrons. The lowest BCUT2D eigenvalue weighted by Crippen LogP contribution is -2.60. The molecule has 8 nitrogen and oxygen atoms in total. The maximum absolute atomic E-state index is 14.2. The minimum atomic E-state index is -1.11. The van der Waals surface area contributed by atoms with E-state index in [9.17, 15) is 19.5 Å². The summed E-state index contributed by atoms with van der Waals surface area (Å²) in [4.78, 5) is 44.5. The number of rotatable bonds is 13. The summed E-state index contributed by atoms with van der Waals surface area (Å²) in [7, 11) is 0. The Morgan fingerprint density at radius 3 is 2.58 bits per heavy atom. The smallest absolute Gasteiger partial charge is 0.312 e. The highest BCUT2D eigenvalue weighted by Crippen LogP contribution is 2.60. The highest BCUT2D eigenvalue weighted by atomic mass is 79.9. The number of carbonyl (C=O) groups is 3. The number of esters is 1. The Hall–Kier alpha value is -1.71. The summed E-state index contributed by atoms with van der Waals surface area (Å²) in [5.74, 6) is -2.43. The number of hydrogen-bond donors (Lipinski definition) is 1. The van der Waals surface area contributed by atoms with Gasteiger partial charge in [-0.3, -0.25) is 14.4 Å². The Bertz CT molecular complexity index is 858. The molecule has 1 N–H and O–H groups in total. The van der Waals surface area contributed by atoms with Gasteiger partial charge in [0.25, 0.3) is 0 Å². The van der Waals surface area contributed by atoms with Crippen molar-refractivity contribution in [2.24, 2.45) is 11.8 Å². The summed E-state index contributed by atoms with van der Waals surface area (Å²) in [6, 6.07) is -0.858. The number of unbranched alkanes of at least 4 members (excludes halogenated alkanes) is 3. The molecule has 202 valence electrons. The Morgan fingerprint density at radius 1 is 1.25 bits per heavy atom. The number of amides is 2. The largest absolute Gasteiger partial charge is 0.465 e. The van der Waals surface area contributed by atoms with E-state index < -0.39 is 41.1 Å². The van der Waals surface area contributed by atoms with Crippen molar-refractivity contribution in [1.29, 1.82) is 0 Å². The third kappa shape index (κ3) is 5.29. The fourth-order valence-corrected chi connectivity index (χ4v) is 6.89. The van der Waals surface area contributed by atoms with Crippen LogP contribution < -0.4 is 0 Å². The fourth-order valence-electron chi connectivity index (χ4n) is 5.94. The van der Waals surface area contributed by atoms with Gasteiger partial charge in [0, 0.05) is 30.1 Å². The van der Waals surface area contributed by atoms with Crippen molar-refractivity contribution in [2.45, 2.75) is 87.4 Å². The monoisotopic (exact) mass is 568 g/mol. The van der Waals surface area contributed by atoms with Gasteiger partial charge in [-0.25, -0.2) is 0 Å². The van der Waals surface area contributed by atoms with Gasteiger partial charge in [-0.1, -0.05) is 28.1 Å². The maximum atomic E-state index is 14.2. The molecule has 0 saturated carbocycles. The molecule has 3 unspecified atom stereocenters. The number of nitrogens with zero attached hydrogens (tertiary/aromatic N) is 2. The molecule has 2 bridgehead atoms. The number of hydrogen-bond acceptors (Lipinski definition) is 6. The molecule has 6 atom stereocenters. The van der Waals surface area contributed by atoms with Crippen LogP contribution in [0, 0.1) is 11.8 Å². The predicted molar refractivity (Wildman–Crippen MR) is 140 cm³/mol. The van der Waals surface area contributed by atoms with Gasteiger partial charge in [-0.05, 0) is 59.3 Å². The zero-order valence-electron chi connectivity index (χ0n) is 21.8. The lowest BCUT2D eigenvalue weighted by molar-refractivity contribution is -0.155. The van der Waals surface area contributed by atoms with Crippen molar-refractivity contribution >= 4 is 33.7 Å². The summed E-state index contributed by atoms with van der Waals surface area (Å²) in [5, 5.41) is 9.31. The molecule has 1 spiro atoms. The van der Waals surface area contributed by atoms with E-state index >= 15 is 0 Å². The first-order valence-corrected chi connectivity index (χ1v) is 13.9. The molecule has 0 aromatic carbocycles. The molecule has 3 rings (SSSR count). The molecule has 2 amide bonds. The van der Waals surface area contributed by atoms with Gasteiger partial charge in [0.2, 0.25) is 11.8 Å². The number of likely N-dealkylation sites (tertiary alicyclic amines) is 1. The lowest BCUT2D eigenvalue weighted by Gasteiger charge is -2.42. The predicted octanol–water partition coefficient (Wildman–Crippen LogP) is 3.22. The zero-order valence-corrected chi connectivity index (χ0v) is 23.4. The van der Waals surface area contributed by atoms with Crippen LogP contribution in [0.3, 0.4) is 0 Å². The quantitative estimate of drug-likeness (QED) is 0.158. The molecule has 3 aliphatic rings. The topological polar surface area (TPSA) is 96.4 Å². The SMILES string of the molecule is C=CCCCCOC(=O)[C@H]1[C@H]2C(=O)N(CCCCO)C(C(=O)N(CC=C)C(C)(C)C)C23CC(Br)[C@@H]1O3. The molecule has 36 heavy (non-hydrogen) atoms. The van der Waals surface area contributed by atoms with Gasteiger partial charge >= 0.3 is 5.97 Å². The van der Waals surface area contributed by atoms with Crippen molar-refractivity contribution in [3.8, 4) is 0 Å². The molecule has 3 heterocycles. The third-order valence-corrected chi connectivity index (χ3v) is 8.38. The number of halogens is 1. The summed E-state index contributed by atoms with van der Waals surface area (Å²) >= 11 is 3.68. The van der Waals surface area contributed by atoms with Crippen LogP contribution in [0.1, 0.15) is 59.3 Å². The number of aliphatic hydroxyl groups is 1. The molecule has 0 aliphatic carbocycles. The summed E-state index contributed by atoms with van der Waals surface area (Å²) in [6.07, 6.45) is 6.93. The van der Waals surface area contributed by atoms with E-state index in [2.05, 4.69) is 29.1 Å². The van der Waals surface area contributed by atoms with E-state index in [1.54, 1.807) is 15.9 Å². The van der Waals surface area contributed by atoms with Crippen molar-refractivity contribution in [3.63, 3.8) is 0 Å². The molecule has 3 fully saturated rings. The average Bonchev–Trinajstić information content (AvgIpc) is 3.40. The van der Waals surface area contributed by atoms with Gasteiger partial charge in [-0.2, -0.15) is 0 Å². The number of ether oxygens (including phenoxy) is 2. The second-order valence-electron chi connectivity index (χ2n) is 11.0. The number of carbonyl (C=O) groups excluding carboxylic acids is 3. The van der Waals surface area contributed by atoms with Crippen LogP contribution in [0.15, 0.2) is 25.3 Å². The van der Waals surface area contributed by atoms with Gasteiger partial charge in [0.15, 0.2) is 0 Å². The minimum absolute atomic E-state index is 0.00263. The van der Waals surface area contributed by atoms with Crippen LogP contribution in [0.25, 0.3) is 0 Å². The number of alkyl halides is 1. The van der Waals surface area contributed by atoms with Crippen LogP contribution in [0.2, 0.25) is 0 Å². The Kier molecular flexibility index (Phi) is 9.44. The van der Waals surface area contributed by atoms with Gasteiger partial charge < -0.3 is 24.4 Å². The minimum Gasteiger partial charge on any atom is -0.465 e. The standard InChI is InChI=1S/C27H41BrN2O6/c1-6-8-9-12-16-35-25(34)19-20-23(32)29(14-10-11-15-31)22(27(20)17-18(28)21(19)36-27)24(33)30(13-7-2)26(3,4)5/h6-7,18-22,31H,1-2,8-17H2,3-5H3/t18?,19-,20-,21-,22?,27?/m0/s1. The number of fused-ring (bicyclic) bond motifs is 1. The summed E-state index contributed by atoms with van der Waals surface area (Å²) in [5.41, 5.74) is -1.61. The highest BCUT2D eigenvalue weighted by Gasteiger charge is 2.77. The van der Waals surface area contributed by atoms with Crippen LogP contribution in [-0.2, 0) is 23.9 Å². The maximum Gasteiger partial charge on any atom is 0.312 e. The second kappa shape index (κ2) is 11.8. The molecule has 3 saturated heterocycles. The highest BCUT2D eigenvalue weighted by molar-refractivity contribution is 9.09. The Balaban J connectivity index is 1.95. The van der Waals surface area contributed by atoms with Gasteiger partial charge in [0.1, 0.15) is 11.6 Å². The lowest BCUT2D eigenvalue weighted by atomic mass is 9.70. The molecular formula is C27H41BrN2O6. The molecular weight excluding hydrogens is 528 g/mol. The van der Waals surface area contributed by atoms with Gasteiger partial charge in [-0.15, -0.1) is 13.2 Å². The average molecular weight is 570 g/mol. The van der Waals surface area contributed by atoms with Crippen molar-refractivity contribution in [1.82, 2.24) is 9.80 Å². The van der Waals surface area contributed by atoms with Crippen LogP contribution >= 0.6 is 15.9 Å². The van der Waals surface area contributed by atoms with Crippen LogP contribution in [0.5, 0.6) is 0 Å². The normalized spacial score (nSPS) is 30.9. The van der Waals surface area contributed by atoms with E-state index in [-0.39, 0.29) is 29.9 Å². The number of aliphatic hydroxyl groups excluding tert-OH is 1. The molecule has 0 aromatic rings. The summed E-state index contributed by atoms with van der Waals surface area (Å²) < 4.78 is 12.1. The molecule has 3 aliphatic heterocycles. The van der Waals surface area contributed by atoms with E-state index in [0.29, 0.717) is 38.8 Å². The first kappa shape index (κ1) is 28.9. The Morgan fingerprint density at radius 2 is 1.97 bits per heavy atom. The first-order chi connectivity index (χ1) is 17.0. The van der Waals surface area contributed by atoms with Crippen molar-refractivity contribution in [3.05, 3.63) is 25.3 Å². The zero-order chi connectivity index (χ0) is 26.7. The molecule has 0 aromatic heterocycles. The summed E-state index contributed by atoms with van der Waals surface area (Å²) in [6.45, 7) is 14.3. The molecule has 9 heteroatoms. The van der Waals surface area contributed by atoms with Crippen molar-refractivity contribution in [2.75, 3.05) is 26.3 Å². The van der Waals surface area contributed by atoms with Gasteiger partial charge in [0.05, 0.1) is 24.5 Å². The number of allylic oxidation sites excluding steroid dienone is 1. The third-order valence-electron chi connectivity index (χ3n) is 7.54. The second-order valence-corrected chi connectivity index (χ2v) is 12.2. The van der Waals surface area contributed by atoms with E-state index in [1.165, 1.54) is 0 Å². The fraction of sp³-hybridized carbons (Fsp3) is 0.741. The van der Waals surface area contributed by atoms with Crippen LogP contribution in [-0.4, -0.2) is 87.1 Å². The van der Waals surface area contributed by atoms with Crippen LogP contribution in [0.4, 0.5) is 0 Å². The van der Waals surface area contributed by atoms with E-state index in [4.69, 9.17) is 9.47 Å². The van der Waals surface area contributed by atoms with Crippen molar-refractivity contribution < 1.29 is 29.0 Å². The van der Waals surface area contributed by atoms with E-state index in [0.717, 1.165) is 12.8 Å². The Labute approximate surface area is 223 Å².